The number of Topliss-reactive ketones (excluding diaryl/α,β-unsaturated/α-hetero) is 1. The quantitative estimate of drug-likeness (QED) is 0.834. The number of hydrogen-bond donors (Lipinski definition) is 1. The molecular formula is C11H13ClO2. The molecule has 0 aliphatic carbocycles. The monoisotopic (exact) mass is 212 g/mol. The van der Waals surface area contributed by atoms with Gasteiger partial charge in [0, 0.05) is 11.4 Å². The van der Waals surface area contributed by atoms with E-state index in [9.17, 15) is 9.90 Å². The predicted molar refractivity (Wildman–Crippen MR) is 56.5 cm³/mol. The van der Waals surface area contributed by atoms with Gasteiger partial charge in [-0.3, -0.25) is 4.79 Å². The van der Waals surface area contributed by atoms with E-state index in [1.807, 2.05) is 6.07 Å². The van der Waals surface area contributed by atoms with E-state index in [0.717, 1.165) is 5.56 Å². The molecule has 0 amide bonds. The highest BCUT2D eigenvalue weighted by atomic mass is 35.5. The van der Waals surface area contributed by atoms with Crippen LogP contribution in [-0.2, 0) is 11.2 Å². The van der Waals surface area contributed by atoms with Gasteiger partial charge in [0.15, 0.2) is 5.78 Å². The number of halogens is 1. The maximum atomic E-state index is 11.5. The molecule has 0 spiro atoms. The van der Waals surface area contributed by atoms with Crippen LogP contribution in [0.3, 0.4) is 0 Å². The van der Waals surface area contributed by atoms with Crippen LogP contribution < -0.4 is 0 Å². The van der Waals surface area contributed by atoms with Crippen LogP contribution in [0.25, 0.3) is 0 Å². The SMILES string of the molecule is CC(C)(O)C(=O)Cc1cccc(Cl)c1. The molecule has 1 rings (SSSR count). The fraction of sp³-hybridized carbons (Fsp3) is 0.364. The Morgan fingerprint density at radius 1 is 1.50 bits per heavy atom. The summed E-state index contributed by atoms with van der Waals surface area (Å²) in [7, 11) is 0. The molecule has 76 valence electrons. The minimum Gasteiger partial charge on any atom is -0.383 e. The number of carbonyl (C=O) groups is 1. The lowest BCUT2D eigenvalue weighted by atomic mass is 9.97. The highest BCUT2D eigenvalue weighted by molar-refractivity contribution is 6.30. The third-order valence-corrected chi connectivity index (χ3v) is 2.17. The summed E-state index contributed by atoms with van der Waals surface area (Å²) in [5, 5.41) is 10.0. The van der Waals surface area contributed by atoms with E-state index < -0.39 is 5.60 Å². The molecule has 0 aliphatic rings. The van der Waals surface area contributed by atoms with Gasteiger partial charge in [0.1, 0.15) is 5.60 Å². The summed E-state index contributed by atoms with van der Waals surface area (Å²) in [6.07, 6.45) is 0.212. The van der Waals surface area contributed by atoms with E-state index in [4.69, 9.17) is 11.6 Å². The molecule has 0 radical (unpaired) electrons. The molecule has 0 bridgehead atoms. The third-order valence-electron chi connectivity index (χ3n) is 1.94. The van der Waals surface area contributed by atoms with E-state index in [0.29, 0.717) is 5.02 Å². The molecule has 0 unspecified atom stereocenters. The van der Waals surface area contributed by atoms with Gasteiger partial charge in [-0.1, -0.05) is 23.7 Å². The van der Waals surface area contributed by atoms with Gasteiger partial charge in [-0.25, -0.2) is 0 Å². The lowest BCUT2D eigenvalue weighted by Gasteiger charge is -2.15. The standard InChI is InChI=1S/C11H13ClO2/c1-11(2,14)10(13)7-8-4-3-5-9(12)6-8/h3-6,14H,7H2,1-2H3. The Morgan fingerprint density at radius 2 is 2.14 bits per heavy atom. The number of aliphatic hydroxyl groups is 1. The predicted octanol–water partition coefficient (Wildman–Crippen LogP) is 2.22. The summed E-state index contributed by atoms with van der Waals surface area (Å²) in [5.41, 5.74) is -0.452. The average molecular weight is 213 g/mol. The molecule has 0 saturated heterocycles. The van der Waals surface area contributed by atoms with Crippen molar-refractivity contribution in [1.29, 1.82) is 0 Å². The summed E-state index contributed by atoms with van der Waals surface area (Å²) in [5.74, 6) is -0.209. The van der Waals surface area contributed by atoms with E-state index in [2.05, 4.69) is 0 Å². The number of carbonyl (C=O) groups excluding carboxylic acids is 1. The van der Waals surface area contributed by atoms with Crippen molar-refractivity contribution < 1.29 is 9.90 Å². The van der Waals surface area contributed by atoms with Crippen molar-refractivity contribution in [3.63, 3.8) is 0 Å². The molecule has 0 atom stereocenters. The van der Waals surface area contributed by atoms with Crippen molar-refractivity contribution in [1.82, 2.24) is 0 Å². The largest absolute Gasteiger partial charge is 0.383 e. The van der Waals surface area contributed by atoms with E-state index in [1.54, 1.807) is 18.2 Å². The van der Waals surface area contributed by atoms with Crippen molar-refractivity contribution in [2.75, 3.05) is 0 Å². The summed E-state index contributed by atoms with van der Waals surface area (Å²) >= 11 is 5.77. The molecule has 0 fully saturated rings. The van der Waals surface area contributed by atoms with Gasteiger partial charge < -0.3 is 5.11 Å². The van der Waals surface area contributed by atoms with Gasteiger partial charge in [0.05, 0.1) is 0 Å². The summed E-state index contributed by atoms with van der Waals surface area (Å²) in [6.45, 7) is 2.97. The normalized spacial score (nSPS) is 11.4. The molecule has 0 aromatic heterocycles. The lowest BCUT2D eigenvalue weighted by Crippen LogP contribution is -2.32. The minimum absolute atomic E-state index is 0.209. The number of ketones is 1. The Balaban J connectivity index is 2.75. The highest BCUT2D eigenvalue weighted by Crippen LogP contribution is 2.14. The molecule has 0 aliphatic heterocycles. The Kier molecular flexibility index (Phi) is 3.29. The average Bonchev–Trinajstić information content (AvgIpc) is 2.02. The van der Waals surface area contributed by atoms with Gasteiger partial charge in [0.2, 0.25) is 0 Å². The van der Waals surface area contributed by atoms with Gasteiger partial charge in [-0.15, -0.1) is 0 Å². The van der Waals surface area contributed by atoms with Gasteiger partial charge in [0.25, 0.3) is 0 Å². The van der Waals surface area contributed by atoms with Crippen LogP contribution in [0.1, 0.15) is 19.4 Å². The van der Waals surface area contributed by atoms with E-state index >= 15 is 0 Å². The molecule has 1 aromatic carbocycles. The first-order valence-electron chi connectivity index (χ1n) is 4.40. The van der Waals surface area contributed by atoms with Crippen molar-refractivity contribution in [3.05, 3.63) is 34.9 Å². The number of hydrogen-bond acceptors (Lipinski definition) is 2. The Labute approximate surface area is 88.5 Å². The number of benzene rings is 1. The fourth-order valence-electron chi connectivity index (χ4n) is 1.05. The zero-order valence-corrected chi connectivity index (χ0v) is 9.01. The van der Waals surface area contributed by atoms with Crippen molar-refractivity contribution in [3.8, 4) is 0 Å². The first-order chi connectivity index (χ1) is 6.39. The van der Waals surface area contributed by atoms with E-state index in [-0.39, 0.29) is 12.2 Å². The van der Waals surface area contributed by atoms with Gasteiger partial charge in [-0.2, -0.15) is 0 Å². The first kappa shape index (κ1) is 11.2. The zero-order chi connectivity index (χ0) is 10.8. The first-order valence-corrected chi connectivity index (χ1v) is 4.77. The lowest BCUT2D eigenvalue weighted by molar-refractivity contribution is -0.133. The zero-order valence-electron chi connectivity index (χ0n) is 8.25. The molecule has 2 nitrogen and oxygen atoms in total. The van der Waals surface area contributed by atoms with Crippen LogP contribution in [0, 0.1) is 0 Å². The topological polar surface area (TPSA) is 37.3 Å². The van der Waals surface area contributed by atoms with Gasteiger partial charge in [-0.05, 0) is 31.5 Å². The molecule has 0 saturated carbocycles. The summed E-state index contributed by atoms with van der Waals surface area (Å²) in [4.78, 5) is 11.5. The van der Waals surface area contributed by atoms with Crippen LogP contribution >= 0.6 is 11.6 Å². The van der Waals surface area contributed by atoms with Crippen LogP contribution in [0.4, 0.5) is 0 Å². The Bertz CT molecular complexity index is 339. The van der Waals surface area contributed by atoms with Gasteiger partial charge >= 0.3 is 0 Å². The molecule has 0 heterocycles. The second kappa shape index (κ2) is 4.11. The highest BCUT2D eigenvalue weighted by Gasteiger charge is 2.23. The van der Waals surface area contributed by atoms with Crippen molar-refractivity contribution >= 4 is 17.4 Å². The summed E-state index contributed by atoms with van der Waals surface area (Å²) in [6, 6.07) is 7.08. The molecule has 14 heavy (non-hydrogen) atoms. The second-order valence-corrected chi connectivity index (χ2v) is 4.23. The van der Waals surface area contributed by atoms with Crippen molar-refractivity contribution in [2.45, 2.75) is 25.9 Å². The molecule has 1 aromatic rings. The Morgan fingerprint density at radius 3 is 2.64 bits per heavy atom. The molecular weight excluding hydrogens is 200 g/mol. The second-order valence-electron chi connectivity index (χ2n) is 3.79. The number of rotatable bonds is 3. The van der Waals surface area contributed by atoms with E-state index in [1.165, 1.54) is 13.8 Å². The third kappa shape index (κ3) is 3.13. The fourth-order valence-corrected chi connectivity index (χ4v) is 1.26. The Hall–Kier alpha value is -0.860. The van der Waals surface area contributed by atoms with Crippen LogP contribution in [0.2, 0.25) is 5.02 Å². The smallest absolute Gasteiger partial charge is 0.168 e. The van der Waals surface area contributed by atoms with Crippen molar-refractivity contribution in [2.24, 2.45) is 0 Å². The minimum atomic E-state index is -1.28. The molecule has 1 N–H and O–H groups in total. The van der Waals surface area contributed by atoms with Crippen LogP contribution in [0.5, 0.6) is 0 Å². The maximum absolute atomic E-state index is 11.5. The van der Waals surface area contributed by atoms with Crippen LogP contribution in [0.15, 0.2) is 24.3 Å². The van der Waals surface area contributed by atoms with Crippen LogP contribution in [-0.4, -0.2) is 16.5 Å². The molecule has 3 heteroatoms. The summed E-state index contributed by atoms with van der Waals surface area (Å²) < 4.78 is 0. The maximum Gasteiger partial charge on any atom is 0.168 e.